The van der Waals surface area contributed by atoms with E-state index in [0.717, 1.165) is 32.1 Å². The summed E-state index contributed by atoms with van der Waals surface area (Å²) in [7, 11) is 0. The van der Waals surface area contributed by atoms with Crippen LogP contribution in [0.2, 0.25) is 0 Å². The monoisotopic (exact) mass is 425 g/mol. The van der Waals surface area contributed by atoms with E-state index in [1.54, 1.807) is 6.08 Å². The van der Waals surface area contributed by atoms with Crippen molar-refractivity contribution in [3.05, 3.63) is 35.5 Å². The van der Waals surface area contributed by atoms with Gasteiger partial charge in [-0.25, -0.2) is 4.79 Å². The van der Waals surface area contributed by atoms with Crippen LogP contribution in [0.15, 0.2) is 35.5 Å². The minimum Gasteiger partial charge on any atom is -0.478 e. The molecule has 0 aromatic rings. The minimum absolute atomic E-state index is 0.0719. The second-order valence-electron chi connectivity index (χ2n) is 11.4. The van der Waals surface area contributed by atoms with Gasteiger partial charge in [-0.2, -0.15) is 0 Å². The molecule has 2 saturated carbocycles. The first-order valence-electron chi connectivity index (χ1n) is 12.2. The number of hydrogen-bond acceptors (Lipinski definition) is 2. The Hall–Kier alpha value is -1.84. The van der Waals surface area contributed by atoms with Crippen molar-refractivity contribution in [2.75, 3.05) is 0 Å². The third-order valence-corrected chi connectivity index (χ3v) is 9.27. The number of allylic oxidation sites excluding steroid dienone is 4. The Morgan fingerprint density at radius 2 is 1.74 bits per heavy atom. The molecule has 0 radical (unpaired) electrons. The average molecular weight is 426 g/mol. The van der Waals surface area contributed by atoms with Crippen molar-refractivity contribution in [1.82, 2.24) is 4.90 Å². The predicted molar refractivity (Wildman–Crippen MR) is 123 cm³/mol. The molecule has 6 atom stereocenters. The van der Waals surface area contributed by atoms with Gasteiger partial charge in [-0.15, -0.1) is 0 Å². The van der Waals surface area contributed by atoms with E-state index >= 15 is 0 Å². The number of nitrogens with zero attached hydrogens (tertiary/aromatic N) is 1. The summed E-state index contributed by atoms with van der Waals surface area (Å²) in [5.74, 6) is 1.29. The molecule has 4 aliphatic rings. The first-order valence-corrected chi connectivity index (χ1v) is 12.2. The molecule has 2 fully saturated rings. The van der Waals surface area contributed by atoms with E-state index in [1.165, 1.54) is 5.57 Å². The van der Waals surface area contributed by atoms with Crippen LogP contribution in [0.3, 0.4) is 0 Å². The summed E-state index contributed by atoms with van der Waals surface area (Å²) in [4.78, 5) is 27.3. The molecule has 0 bridgehead atoms. The number of rotatable bonds is 4. The van der Waals surface area contributed by atoms with Crippen molar-refractivity contribution in [3.8, 4) is 0 Å². The molecule has 1 amide bonds. The molecule has 4 aliphatic carbocycles. The number of carbonyl (C=O) groups is 2. The van der Waals surface area contributed by atoms with Gasteiger partial charge in [0, 0.05) is 23.4 Å². The smallest absolute Gasteiger partial charge is 0.335 e. The molecule has 0 spiro atoms. The molecule has 4 nitrogen and oxygen atoms in total. The first-order chi connectivity index (χ1) is 14.5. The lowest BCUT2D eigenvalue weighted by atomic mass is 9.49. The summed E-state index contributed by atoms with van der Waals surface area (Å²) in [6.45, 7) is 13.2. The van der Waals surface area contributed by atoms with Gasteiger partial charge in [0.25, 0.3) is 0 Å². The zero-order chi connectivity index (χ0) is 22.7. The van der Waals surface area contributed by atoms with E-state index in [-0.39, 0.29) is 28.8 Å². The number of aliphatic carboxylic acids is 1. The minimum atomic E-state index is -0.852. The van der Waals surface area contributed by atoms with Gasteiger partial charge < -0.3 is 10.0 Å². The van der Waals surface area contributed by atoms with Gasteiger partial charge in [0.05, 0.1) is 5.57 Å². The Morgan fingerprint density at radius 1 is 1.06 bits per heavy atom. The van der Waals surface area contributed by atoms with E-state index in [4.69, 9.17) is 0 Å². The maximum absolute atomic E-state index is 13.7. The summed E-state index contributed by atoms with van der Waals surface area (Å²) in [5, 5.41) is 9.42. The number of fused-ring (bicyclic) bond motifs is 5. The molecule has 0 aliphatic heterocycles. The topological polar surface area (TPSA) is 57.6 Å². The molecule has 3 unspecified atom stereocenters. The van der Waals surface area contributed by atoms with Crippen molar-refractivity contribution in [2.24, 2.45) is 34.5 Å². The molecule has 4 heteroatoms. The molecule has 0 heterocycles. The molecule has 170 valence electrons. The van der Waals surface area contributed by atoms with Crippen LogP contribution >= 0.6 is 0 Å². The molecule has 0 aromatic carbocycles. The summed E-state index contributed by atoms with van der Waals surface area (Å²) < 4.78 is 0. The lowest BCUT2D eigenvalue weighted by molar-refractivity contribution is -0.145. The Morgan fingerprint density at radius 3 is 2.35 bits per heavy atom. The number of carbonyl (C=O) groups excluding carboxylic acids is 1. The fraction of sp³-hybridized carbons (Fsp3) is 0.704. The highest BCUT2D eigenvalue weighted by molar-refractivity contribution is 5.91. The fourth-order valence-electron chi connectivity index (χ4n) is 7.79. The summed E-state index contributed by atoms with van der Waals surface area (Å²) in [6, 6.07) is 0.460. The standard InChI is InChI=1S/C27H39NO3/c1-16(2)28(17(3)4)24(29)23-10-9-21-20-8-7-19-15-18(25(30)31)11-13-26(19,5)22(20)12-14-27(21,23)6/h7,11,13,15-17,20-23H,8-10,12,14H2,1-6H3,(H,30,31)/t20?,21?,22?,23-,26+,27+/m1/s1. The van der Waals surface area contributed by atoms with Crippen molar-refractivity contribution in [2.45, 2.75) is 85.7 Å². The van der Waals surface area contributed by atoms with E-state index in [9.17, 15) is 14.7 Å². The summed E-state index contributed by atoms with van der Waals surface area (Å²) >= 11 is 0. The number of hydrogen-bond donors (Lipinski definition) is 1. The highest BCUT2D eigenvalue weighted by Gasteiger charge is 2.59. The number of amides is 1. The Labute approximate surface area is 187 Å². The van der Waals surface area contributed by atoms with Crippen molar-refractivity contribution < 1.29 is 14.7 Å². The van der Waals surface area contributed by atoms with Gasteiger partial charge in [0.1, 0.15) is 0 Å². The van der Waals surface area contributed by atoms with Crippen molar-refractivity contribution in [1.29, 1.82) is 0 Å². The highest BCUT2D eigenvalue weighted by atomic mass is 16.4. The van der Waals surface area contributed by atoms with E-state index in [0.29, 0.717) is 29.2 Å². The third-order valence-electron chi connectivity index (χ3n) is 9.27. The van der Waals surface area contributed by atoms with E-state index < -0.39 is 5.97 Å². The van der Waals surface area contributed by atoms with Gasteiger partial charge in [0.15, 0.2) is 0 Å². The lowest BCUT2D eigenvalue weighted by Crippen LogP contribution is -2.52. The van der Waals surface area contributed by atoms with Crippen LogP contribution in [-0.4, -0.2) is 34.0 Å². The van der Waals surface area contributed by atoms with Crippen LogP contribution in [0, 0.1) is 34.5 Å². The molecule has 4 rings (SSSR count). The largest absolute Gasteiger partial charge is 0.478 e. The molecule has 1 N–H and O–H groups in total. The second kappa shape index (κ2) is 7.64. The predicted octanol–water partition coefficient (Wildman–Crippen LogP) is 5.61. The van der Waals surface area contributed by atoms with Gasteiger partial charge in [-0.05, 0) is 94.6 Å². The van der Waals surface area contributed by atoms with Crippen LogP contribution in [0.25, 0.3) is 0 Å². The summed E-state index contributed by atoms with van der Waals surface area (Å²) in [6.07, 6.45) is 13.5. The average Bonchev–Trinajstić information content (AvgIpc) is 3.03. The molecular formula is C27H39NO3. The van der Waals surface area contributed by atoms with Crippen LogP contribution in [0.4, 0.5) is 0 Å². The quantitative estimate of drug-likeness (QED) is 0.637. The third kappa shape index (κ3) is 3.32. The second-order valence-corrected chi connectivity index (χ2v) is 11.4. The van der Waals surface area contributed by atoms with E-state index in [2.05, 4.69) is 58.6 Å². The first kappa shape index (κ1) is 22.4. The van der Waals surface area contributed by atoms with Crippen molar-refractivity contribution in [3.63, 3.8) is 0 Å². The zero-order valence-corrected chi connectivity index (χ0v) is 20.0. The van der Waals surface area contributed by atoms with Crippen LogP contribution in [0.5, 0.6) is 0 Å². The van der Waals surface area contributed by atoms with Gasteiger partial charge in [-0.3, -0.25) is 4.79 Å². The maximum atomic E-state index is 13.7. The number of carboxylic acid groups (broad SMARTS) is 1. The van der Waals surface area contributed by atoms with Gasteiger partial charge in [0.2, 0.25) is 5.91 Å². The maximum Gasteiger partial charge on any atom is 0.335 e. The normalized spacial score (nSPS) is 38.8. The fourth-order valence-corrected chi connectivity index (χ4v) is 7.79. The molecular weight excluding hydrogens is 386 g/mol. The zero-order valence-electron chi connectivity index (χ0n) is 20.0. The van der Waals surface area contributed by atoms with E-state index in [1.807, 2.05) is 6.08 Å². The molecule has 0 saturated heterocycles. The SMILES string of the molecule is CC(C)N(C(=O)[C@H]1CCC2C3CC=C4C=C(C(=O)O)C=C[C@]4(C)C3CC[C@@]21C)C(C)C. The lowest BCUT2D eigenvalue weighted by Gasteiger charge is -2.56. The van der Waals surface area contributed by atoms with Crippen LogP contribution < -0.4 is 0 Å². The van der Waals surface area contributed by atoms with Crippen LogP contribution in [0.1, 0.15) is 73.6 Å². The highest BCUT2D eigenvalue weighted by Crippen LogP contribution is 2.65. The Bertz CT molecular complexity index is 858. The van der Waals surface area contributed by atoms with Crippen LogP contribution in [-0.2, 0) is 9.59 Å². The Kier molecular flexibility index (Phi) is 5.51. The Balaban J connectivity index is 1.62. The summed E-state index contributed by atoms with van der Waals surface area (Å²) in [5.41, 5.74) is 1.54. The van der Waals surface area contributed by atoms with Gasteiger partial charge in [-0.1, -0.05) is 32.1 Å². The molecule has 31 heavy (non-hydrogen) atoms. The number of carboxylic acids is 1. The molecule has 0 aromatic heterocycles. The van der Waals surface area contributed by atoms with Crippen molar-refractivity contribution >= 4 is 11.9 Å². The van der Waals surface area contributed by atoms with Gasteiger partial charge >= 0.3 is 5.97 Å².